The molecule has 1 fully saturated rings. The number of imide groups is 1. The Labute approximate surface area is 199 Å². The molecule has 0 unspecified atom stereocenters. The fourth-order valence-corrected chi connectivity index (χ4v) is 4.16. The van der Waals surface area contributed by atoms with Crippen LogP contribution in [-0.4, -0.2) is 23.2 Å². The summed E-state index contributed by atoms with van der Waals surface area (Å²) in [7, 11) is 1.53. The zero-order valence-corrected chi connectivity index (χ0v) is 19.2. The molecule has 5 nitrogen and oxygen atoms in total. The highest BCUT2D eigenvalue weighted by Crippen LogP contribution is 2.35. The molecule has 4 rings (SSSR count). The van der Waals surface area contributed by atoms with Crippen molar-refractivity contribution in [1.82, 2.24) is 4.90 Å². The summed E-state index contributed by atoms with van der Waals surface area (Å²) in [5, 5.41) is 0.257. The van der Waals surface area contributed by atoms with Crippen molar-refractivity contribution < 1.29 is 23.5 Å². The Morgan fingerprint density at radius 3 is 2.36 bits per heavy atom. The molecule has 0 spiro atoms. The van der Waals surface area contributed by atoms with E-state index in [9.17, 15) is 14.0 Å². The normalized spacial score (nSPS) is 14.8. The zero-order valence-electron chi connectivity index (χ0n) is 17.6. The first-order valence-electron chi connectivity index (χ1n) is 9.98. The van der Waals surface area contributed by atoms with E-state index in [0.717, 1.165) is 22.9 Å². The molecule has 1 heterocycles. The number of ether oxygens (including phenoxy) is 2. The van der Waals surface area contributed by atoms with E-state index in [1.807, 2.05) is 0 Å². The smallest absolute Gasteiger partial charge is 0.293 e. The molecular weight excluding hydrogens is 465 g/mol. The highest BCUT2D eigenvalue weighted by Gasteiger charge is 2.35. The van der Waals surface area contributed by atoms with Crippen molar-refractivity contribution in [1.29, 1.82) is 0 Å². The first-order chi connectivity index (χ1) is 15.9. The Kier molecular flexibility index (Phi) is 7.01. The van der Waals surface area contributed by atoms with E-state index in [-0.39, 0.29) is 30.1 Å². The molecule has 0 aromatic heterocycles. The summed E-state index contributed by atoms with van der Waals surface area (Å²) in [4.78, 5) is 26.8. The van der Waals surface area contributed by atoms with Gasteiger partial charge < -0.3 is 9.47 Å². The average Bonchev–Trinajstić information content (AvgIpc) is 3.07. The Morgan fingerprint density at radius 2 is 1.67 bits per heavy atom. The summed E-state index contributed by atoms with van der Waals surface area (Å²) in [5.41, 5.74) is 2.29. The van der Waals surface area contributed by atoms with Gasteiger partial charge in [0, 0.05) is 5.02 Å². The summed E-state index contributed by atoms with van der Waals surface area (Å²) in [5.74, 6) is 0.314. The van der Waals surface area contributed by atoms with E-state index >= 15 is 0 Å². The van der Waals surface area contributed by atoms with Crippen molar-refractivity contribution in [2.24, 2.45) is 0 Å². The third-order valence-corrected chi connectivity index (χ3v) is 6.08. The molecule has 0 bridgehead atoms. The number of nitrogens with zero attached hydrogens (tertiary/aromatic N) is 1. The number of rotatable bonds is 7. The molecule has 0 radical (unpaired) electrons. The molecule has 1 aliphatic heterocycles. The molecule has 0 saturated carbocycles. The molecule has 0 aliphatic carbocycles. The van der Waals surface area contributed by atoms with Crippen LogP contribution in [0.2, 0.25) is 5.02 Å². The van der Waals surface area contributed by atoms with Gasteiger partial charge in [0.05, 0.1) is 18.6 Å². The summed E-state index contributed by atoms with van der Waals surface area (Å²) in [6.45, 7) is 0.394. The first kappa shape index (κ1) is 22.9. The minimum absolute atomic E-state index is 0.174. The van der Waals surface area contributed by atoms with Gasteiger partial charge in [-0.2, -0.15) is 0 Å². The highest BCUT2D eigenvalue weighted by atomic mass is 35.5. The molecule has 2 amide bonds. The van der Waals surface area contributed by atoms with Gasteiger partial charge in [-0.05, 0) is 70.9 Å². The summed E-state index contributed by atoms with van der Waals surface area (Å²) in [6, 6.07) is 18.2. The molecule has 1 saturated heterocycles. The standard InChI is InChI=1S/C25H19ClFNO4S/c1-31-21-11-6-18(12-22(21)32-15-17-4-9-20(27)10-5-17)13-23-24(29)28(25(30)33-23)14-16-2-7-19(26)8-3-16/h2-13H,14-15H2,1H3/b23-13-. The summed E-state index contributed by atoms with van der Waals surface area (Å²) >= 11 is 6.79. The van der Waals surface area contributed by atoms with Crippen LogP contribution in [-0.2, 0) is 17.9 Å². The third-order valence-electron chi connectivity index (χ3n) is 4.92. The maximum Gasteiger partial charge on any atom is 0.293 e. The molecular formula is C25H19ClFNO4S. The highest BCUT2D eigenvalue weighted by molar-refractivity contribution is 8.18. The number of thioether (sulfide) groups is 1. The van der Waals surface area contributed by atoms with Crippen LogP contribution in [0.3, 0.4) is 0 Å². The lowest BCUT2D eigenvalue weighted by Crippen LogP contribution is -2.27. The number of halogens is 2. The van der Waals surface area contributed by atoms with Crippen LogP contribution < -0.4 is 9.47 Å². The van der Waals surface area contributed by atoms with Crippen LogP contribution in [0.5, 0.6) is 11.5 Å². The van der Waals surface area contributed by atoms with Crippen molar-refractivity contribution in [2.45, 2.75) is 13.2 Å². The molecule has 33 heavy (non-hydrogen) atoms. The van der Waals surface area contributed by atoms with Gasteiger partial charge in [0.1, 0.15) is 12.4 Å². The second-order valence-electron chi connectivity index (χ2n) is 7.22. The van der Waals surface area contributed by atoms with Crippen LogP contribution in [0.25, 0.3) is 6.08 Å². The molecule has 168 valence electrons. The second-order valence-corrected chi connectivity index (χ2v) is 8.65. The first-order valence-corrected chi connectivity index (χ1v) is 11.2. The summed E-state index contributed by atoms with van der Waals surface area (Å²) in [6.07, 6.45) is 1.65. The maximum atomic E-state index is 13.1. The molecule has 0 atom stereocenters. The predicted octanol–water partition coefficient (Wildman–Crippen LogP) is 6.30. The SMILES string of the molecule is COc1ccc(/C=C2\SC(=O)N(Cc3ccc(Cl)cc3)C2=O)cc1OCc1ccc(F)cc1. The van der Waals surface area contributed by atoms with Gasteiger partial charge in [-0.3, -0.25) is 14.5 Å². The van der Waals surface area contributed by atoms with Gasteiger partial charge in [-0.25, -0.2) is 4.39 Å². The Morgan fingerprint density at radius 1 is 0.970 bits per heavy atom. The van der Waals surface area contributed by atoms with E-state index in [2.05, 4.69) is 0 Å². The van der Waals surface area contributed by atoms with Gasteiger partial charge in [-0.1, -0.05) is 41.9 Å². The number of carbonyl (C=O) groups is 2. The van der Waals surface area contributed by atoms with Crippen molar-refractivity contribution in [3.05, 3.63) is 99.2 Å². The van der Waals surface area contributed by atoms with Gasteiger partial charge in [0.15, 0.2) is 11.5 Å². The van der Waals surface area contributed by atoms with Crippen LogP contribution in [0, 0.1) is 5.82 Å². The monoisotopic (exact) mass is 483 g/mol. The number of hydrogen-bond acceptors (Lipinski definition) is 5. The predicted molar refractivity (Wildman–Crippen MR) is 127 cm³/mol. The van der Waals surface area contributed by atoms with E-state index in [0.29, 0.717) is 27.0 Å². The molecule has 1 aliphatic rings. The molecule has 8 heteroatoms. The lowest BCUT2D eigenvalue weighted by atomic mass is 10.1. The Hall–Kier alpha value is -3.29. The summed E-state index contributed by atoms with van der Waals surface area (Å²) < 4.78 is 24.3. The number of methoxy groups -OCH3 is 1. The van der Waals surface area contributed by atoms with Crippen LogP contribution in [0.4, 0.5) is 9.18 Å². The number of benzene rings is 3. The minimum atomic E-state index is -0.357. The topological polar surface area (TPSA) is 55.8 Å². The largest absolute Gasteiger partial charge is 0.493 e. The molecule has 3 aromatic rings. The van der Waals surface area contributed by atoms with Crippen molar-refractivity contribution in [3.63, 3.8) is 0 Å². The van der Waals surface area contributed by atoms with Crippen molar-refractivity contribution in [2.75, 3.05) is 7.11 Å². The Bertz CT molecular complexity index is 1210. The average molecular weight is 484 g/mol. The Balaban J connectivity index is 1.51. The van der Waals surface area contributed by atoms with Gasteiger partial charge >= 0.3 is 0 Å². The quantitative estimate of drug-likeness (QED) is 0.369. The number of hydrogen-bond donors (Lipinski definition) is 0. The molecule has 3 aromatic carbocycles. The van der Waals surface area contributed by atoms with Crippen molar-refractivity contribution in [3.8, 4) is 11.5 Å². The fraction of sp³-hybridized carbons (Fsp3) is 0.120. The van der Waals surface area contributed by atoms with E-state index in [1.165, 1.54) is 24.1 Å². The maximum absolute atomic E-state index is 13.1. The van der Waals surface area contributed by atoms with Gasteiger partial charge in [0.25, 0.3) is 11.1 Å². The van der Waals surface area contributed by atoms with Crippen molar-refractivity contribution >= 4 is 40.6 Å². The number of amides is 2. The second kappa shape index (κ2) is 10.1. The van der Waals surface area contributed by atoms with Crippen LogP contribution >= 0.6 is 23.4 Å². The van der Waals surface area contributed by atoms with E-state index in [1.54, 1.807) is 60.7 Å². The lowest BCUT2D eigenvalue weighted by Gasteiger charge is -2.13. The van der Waals surface area contributed by atoms with E-state index in [4.69, 9.17) is 21.1 Å². The van der Waals surface area contributed by atoms with Gasteiger partial charge in [0.2, 0.25) is 0 Å². The zero-order chi connectivity index (χ0) is 23.4. The molecule has 0 N–H and O–H groups in total. The van der Waals surface area contributed by atoms with Gasteiger partial charge in [-0.15, -0.1) is 0 Å². The lowest BCUT2D eigenvalue weighted by molar-refractivity contribution is -0.123. The van der Waals surface area contributed by atoms with E-state index < -0.39 is 0 Å². The number of carbonyl (C=O) groups excluding carboxylic acids is 2. The fourth-order valence-electron chi connectivity index (χ4n) is 3.20. The van der Waals surface area contributed by atoms with Crippen LogP contribution in [0.1, 0.15) is 16.7 Å². The van der Waals surface area contributed by atoms with Crippen LogP contribution in [0.15, 0.2) is 71.6 Å². The third kappa shape index (κ3) is 5.56. The minimum Gasteiger partial charge on any atom is -0.493 e.